The Morgan fingerprint density at radius 3 is 2.15 bits per heavy atom. The molecular formula is C9H19NO3. The summed E-state index contributed by atoms with van der Waals surface area (Å²) in [6.45, 7) is 6.22. The van der Waals surface area contributed by atoms with Crippen LogP contribution in [-0.2, 0) is 9.47 Å². The topological polar surface area (TPSA) is 61.5 Å². The molecule has 0 aromatic rings. The number of ether oxygens (including phenoxy) is 2. The second-order valence-electron chi connectivity index (χ2n) is 3.04. The smallest absolute Gasteiger partial charge is 0.435 e. The summed E-state index contributed by atoms with van der Waals surface area (Å²) in [7, 11) is 0. The summed E-state index contributed by atoms with van der Waals surface area (Å²) < 4.78 is 9.45. The van der Waals surface area contributed by atoms with Gasteiger partial charge in [0.25, 0.3) is 0 Å². The molecule has 0 aromatic heterocycles. The van der Waals surface area contributed by atoms with Crippen LogP contribution in [0.5, 0.6) is 0 Å². The minimum atomic E-state index is -0.640. The number of hydrogen-bond donors (Lipinski definition) is 1. The molecule has 0 aliphatic heterocycles. The molecule has 0 unspecified atom stereocenters. The predicted molar refractivity (Wildman–Crippen MR) is 50.5 cm³/mol. The van der Waals surface area contributed by atoms with Gasteiger partial charge in [-0.2, -0.15) is 0 Å². The fourth-order valence-electron chi connectivity index (χ4n) is 0.816. The molecule has 4 heteroatoms. The molecule has 0 bridgehead atoms. The third kappa shape index (κ3) is 4.72. The highest BCUT2D eigenvalue weighted by Gasteiger charge is 2.22. The van der Waals surface area contributed by atoms with Gasteiger partial charge >= 0.3 is 6.16 Å². The van der Waals surface area contributed by atoms with Crippen molar-refractivity contribution in [3.05, 3.63) is 0 Å². The Morgan fingerprint density at radius 1 is 1.23 bits per heavy atom. The van der Waals surface area contributed by atoms with Crippen LogP contribution in [0.1, 0.15) is 33.6 Å². The molecule has 13 heavy (non-hydrogen) atoms. The van der Waals surface area contributed by atoms with Crippen molar-refractivity contribution in [2.75, 3.05) is 13.2 Å². The van der Waals surface area contributed by atoms with E-state index in [0.29, 0.717) is 6.61 Å². The van der Waals surface area contributed by atoms with Gasteiger partial charge in [-0.05, 0) is 19.8 Å². The molecule has 0 aliphatic carbocycles. The second kappa shape index (κ2) is 5.80. The van der Waals surface area contributed by atoms with Crippen molar-refractivity contribution in [1.82, 2.24) is 0 Å². The van der Waals surface area contributed by atoms with Gasteiger partial charge in [0.15, 0.2) is 0 Å². The van der Waals surface area contributed by atoms with Crippen LogP contribution < -0.4 is 5.73 Å². The van der Waals surface area contributed by atoms with Crippen LogP contribution in [0.25, 0.3) is 0 Å². The maximum Gasteiger partial charge on any atom is 0.508 e. The molecule has 78 valence electrons. The maximum absolute atomic E-state index is 10.8. The van der Waals surface area contributed by atoms with Crippen LogP contribution in [0.15, 0.2) is 0 Å². The number of nitrogens with two attached hydrogens (primary N) is 1. The van der Waals surface area contributed by atoms with Crippen molar-refractivity contribution in [3.63, 3.8) is 0 Å². The first-order valence-electron chi connectivity index (χ1n) is 4.66. The minimum absolute atomic E-state index is 0.221. The Balaban J connectivity index is 3.78. The molecule has 2 N–H and O–H groups in total. The van der Waals surface area contributed by atoms with Crippen molar-refractivity contribution in [1.29, 1.82) is 0 Å². The van der Waals surface area contributed by atoms with E-state index in [1.54, 1.807) is 6.92 Å². The maximum atomic E-state index is 10.8. The first kappa shape index (κ1) is 12.2. The zero-order valence-corrected chi connectivity index (χ0v) is 8.63. The summed E-state index contributed by atoms with van der Waals surface area (Å²) >= 11 is 0. The molecule has 0 rings (SSSR count). The van der Waals surface area contributed by atoms with Gasteiger partial charge in [0.1, 0.15) is 6.61 Å². The molecule has 0 saturated heterocycles. The van der Waals surface area contributed by atoms with Gasteiger partial charge in [-0.1, -0.05) is 13.8 Å². The lowest BCUT2D eigenvalue weighted by atomic mass is 9.96. The molecule has 0 aromatic carbocycles. The standard InChI is InChI=1S/C9H19NO3/c1-4-9(10,5-2)7-13-8(11)12-6-3/h4-7,10H2,1-3H3. The third-order valence-electron chi connectivity index (χ3n) is 2.15. The summed E-state index contributed by atoms with van der Waals surface area (Å²) in [5.41, 5.74) is 5.50. The largest absolute Gasteiger partial charge is 0.508 e. The molecule has 0 atom stereocenters. The molecule has 0 amide bonds. The first-order chi connectivity index (χ1) is 6.08. The van der Waals surface area contributed by atoms with E-state index in [0.717, 1.165) is 12.8 Å². The summed E-state index contributed by atoms with van der Waals surface area (Å²) in [4.78, 5) is 10.8. The Hall–Kier alpha value is -0.770. The van der Waals surface area contributed by atoms with E-state index in [9.17, 15) is 4.79 Å². The average Bonchev–Trinajstić information content (AvgIpc) is 2.15. The Labute approximate surface area is 79.4 Å². The van der Waals surface area contributed by atoms with Gasteiger partial charge in [-0.3, -0.25) is 0 Å². The molecule has 0 heterocycles. The van der Waals surface area contributed by atoms with E-state index in [4.69, 9.17) is 10.5 Å². The van der Waals surface area contributed by atoms with E-state index in [1.807, 2.05) is 13.8 Å². The van der Waals surface area contributed by atoms with E-state index >= 15 is 0 Å². The van der Waals surface area contributed by atoms with Crippen LogP contribution in [0.3, 0.4) is 0 Å². The SMILES string of the molecule is CCOC(=O)OCC(N)(CC)CC. The first-order valence-corrected chi connectivity index (χ1v) is 4.66. The van der Waals surface area contributed by atoms with Crippen molar-refractivity contribution in [2.24, 2.45) is 5.73 Å². The quantitative estimate of drug-likeness (QED) is 0.668. The summed E-state index contributed by atoms with van der Waals surface area (Å²) in [5.74, 6) is 0. The Kier molecular flexibility index (Phi) is 5.46. The van der Waals surface area contributed by atoms with Gasteiger partial charge in [0, 0.05) is 5.54 Å². The number of hydrogen-bond acceptors (Lipinski definition) is 4. The van der Waals surface area contributed by atoms with Crippen LogP contribution in [0.4, 0.5) is 4.79 Å². The number of carbonyl (C=O) groups excluding carboxylic acids is 1. The highest BCUT2D eigenvalue weighted by Crippen LogP contribution is 2.11. The average molecular weight is 189 g/mol. The van der Waals surface area contributed by atoms with Crippen molar-refractivity contribution in [2.45, 2.75) is 39.2 Å². The number of rotatable bonds is 5. The van der Waals surface area contributed by atoms with Crippen molar-refractivity contribution >= 4 is 6.16 Å². The summed E-state index contributed by atoms with van der Waals surface area (Å²) in [6.07, 6.45) is 0.922. The molecule has 0 fully saturated rings. The van der Waals surface area contributed by atoms with Crippen molar-refractivity contribution in [3.8, 4) is 0 Å². The van der Waals surface area contributed by atoms with E-state index < -0.39 is 11.7 Å². The zero-order valence-electron chi connectivity index (χ0n) is 8.63. The molecule has 0 spiro atoms. The monoisotopic (exact) mass is 189 g/mol. The number of carbonyl (C=O) groups is 1. The molecular weight excluding hydrogens is 170 g/mol. The van der Waals surface area contributed by atoms with Gasteiger partial charge in [-0.25, -0.2) is 4.79 Å². The molecule has 0 aliphatic rings. The van der Waals surface area contributed by atoms with E-state index in [-0.39, 0.29) is 6.61 Å². The van der Waals surface area contributed by atoms with E-state index in [2.05, 4.69) is 4.74 Å². The Bertz CT molecular complexity index is 155. The Morgan fingerprint density at radius 2 is 1.77 bits per heavy atom. The highest BCUT2D eigenvalue weighted by atomic mass is 16.7. The summed E-state index contributed by atoms with van der Waals surface area (Å²) in [5, 5.41) is 0. The lowest BCUT2D eigenvalue weighted by Crippen LogP contribution is -2.43. The fourth-order valence-corrected chi connectivity index (χ4v) is 0.816. The lowest BCUT2D eigenvalue weighted by molar-refractivity contribution is 0.0409. The van der Waals surface area contributed by atoms with Crippen molar-refractivity contribution < 1.29 is 14.3 Å². The summed E-state index contributed by atoms with van der Waals surface area (Å²) in [6, 6.07) is 0. The van der Waals surface area contributed by atoms with Crippen LogP contribution in [0.2, 0.25) is 0 Å². The second-order valence-corrected chi connectivity index (χ2v) is 3.04. The van der Waals surface area contributed by atoms with Gasteiger partial charge in [-0.15, -0.1) is 0 Å². The third-order valence-corrected chi connectivity index (χ3v) is 2.15. The van der Waals surface area contributed by atoms with Gasteiger partial charge < -0.3 is 15.2 Å². The minimum Gasteiger partial charge on any atom is -0.435 e. The predicted octanol–water partition coefficient (Wildman–Crippen LogP) is 1.68. The fraction of sp³-hybridized carbons (Fsp3) is 0.889. The van der Waals surface area contributed by atoms with Gasteiger partial charge in [0.05, 0.1) is 6.61 Å². The molecule has 4 nitrogen and oxygen atoms in total. The van der Waals surface area contributed by atoms with Crippen LogP contribution in [-0.4, -0.2) is 24.9 Å². The normalized spacial score (nSPS) is 11.1. The van der Waals surface area contributed by atoms with Crippen LogP contribution >= 0.6 is 0 Å². The van der Waals surface area contributed by atoms with Gasteiger partial charge in [0.2, 0.25) is 0 Å². The molecule has 0 radical (unpaired) electrons. The molecule has 0 saturated carbocycles. The lowest BCUT2D eigenvalue weighted by Gasteiger charge is -2.25. The van der Waals surface area contributed by atoms with E-state index in [1.165, 1.54) is 0 Å². The highest BCUT2D eigenvalue weighted by molar-refractivity contribution is 5.59. The van der Waals surface area contributed by atoms with Crippen LogP contribution in [0, 0.1) is 0 Å². The zero-order chi connectivity index (χ0) is 10.3.